The zero-order valence-corrected chi connectivity index (χ0v) is 7.02. The summed E-state index contributed by atoms with van der Waals surface area (Å²) in [5.41, 5.74) is 0. The van der Waals surface area contributed by atoms with Crippen molar-refractivity contribution in [1.82, 2.24) is 4.98 Å². The predicted molar refractivity (Wildman–Crippen MR) is 39.5 cm³/mol. The molecule has 0 N–H and O–H groups in total. The third-order valence-corrected chi connectivity index (χ3v) is 3.28. The van der Waals surface area contributed by atoms with Crippen molar-refractivity contribution in [3.63, 3.8) is 0 Å². The highest BCUT2D eigenvalue weighted by atomic mass is 35.5. The van der Waals surface area contributed by atoms with Crippen LogP contribution in [0.4, 0.5) is 0 Å². The highest BCUT2D eigenvalue weighted by Gasteiger charge is 2.00. The maximum atomic E-state index is 10.7. The van der Waals surface area contributed by atoms with Crippen molar-refractivity contribution in [2.24, 2.45) is 0 Å². The van der Waals surface area contributed by atoms with E-state index in [0.717, 1.165) is 4.21 Å². The van der Waals surface area contributed by atoms with E-state index < -0.39 is 10.8 Å². The van der Waals surface area contributed by atoms with E-state index in [1.165, 1.54) is 17.5 Å². The zero-order valence-electron chi connectivity index (χ0n) is 4.63. The molecule has 0 saturated carbocycles. The number of halogens is 1. The average Bonchev–Trinajstić information content (AvgIpc) is 2.14. The van der Waals surface area contributed by atoms with Crippen LogP contribution in [-0.2, 0) is 10.8 Å². The van der Waals surface area contributed by atoms with Gasteiger partial charge in [-0.1, -0.05) is 22.9 Å². The van der Waals surface area contributed by atoms with Crippen molar-refractivity contribution >= 4 is 33.7 Å². The molecule has 1 aromatic rings. The third-order valence-electron chi connectivity index (χ3n) is 0.740. The molecule has 0 fully saturated rings. The molecule has 0 bridgehead atoms. The van der Waals surface area contributed by atoms with E-state index in [2.05, 4.69) is 4.98 Å². The molecule has 0 amide bonds. The van der Waals surface area contributed by atoms with E-state index in [1.807, 2.05) is 0 Å². The van der Waals surface area contributed by atoms with Gasteiger partial charge in [-0.05, 0) is 0 Å². The summed E-state index contributed by atoms with van der Waals surface area (Å²) >= 11 is 6.73. The van der Waals surface area contributed by atoms with E-state index in [-0.39, 0.29) is 0 Å². The van der Waals surface area contributed by atoms with Crippen LogP contribution in [0.1, 0.15) is 0 Å². The van der Waals surface area contributed by atoms with Gasteiger partial charge in [0.25, 0.3) is 0 Å². The number of aromatic nitrogens is 1. The summed E-state index contributed by atoms with van der Waals surface area (Å²) in [5.74, 6) is 0. The molecule has 0 aromatic carbocycles. The Hall–Kier alpha value is 0.0700. The molecular weight excluding hydrogens is 178 g/mol. The molecule has 50 valence electrons. The van der Waals surface area contributed by atoms with Crippen LogP contribution in [0.25, 0.3) is 0 Å². The smallest absolute Gasteiger partial charge is 0.184 e. The maximum absolute atomic E-state index is 10.7. The Balaban J connectivity index is 2.98. The Morgan fingerprint density at radius 3 is 2.78 bits per heavy atom. The van der Waals surface area contributed by atoms with E-state index in [0.29, 0.717) is 4.47 Å². The number of nitrogens with zero attached hydrogens (tertiary/aromatic N) is 1. The molecule has 1 rings (SSSR count). The standard InChI is InChI=1S/C4H4ClNOS2/c1-9(7)3-2-6-4(5)8-3/h2H,1H3. The minimum absolute atomic E-state index is 0.445. The van der Waals surface area contributed by atoms with Gasteiger partial charge in [0.05, 0.1) is 17.0 Å². The van der Waals surface area contributed by atoms with Gasteiger partial charge in [-0.2, -0.15) is 0 Å². The van der Waals surface area contributed by atoms with Crippen molar-refractivity contribution in [2.45, 2.75) is 4.21 Å². The van der Waals surface area contributed by atoms with Gasteiger partial charge >= 0.3 is 0 Å². The second-order valence-electron chi connectivity index (χ2n) is 1.39. The quantitative estimate of drug-likeness (QED) is 0.658. The fourth-order valence-electron chi connectivity index (χ4n) is 0.372. The first-order chi connectivity index (χ1) is 4.20. The summed E-state index contributed by atoms with van der Waals surface area (Å²) in [5, 5.41) is 0. The van der Waals surface area contributed by atoms with Crippen molar-refractivity contribution in [2.75, 3.05) is 6.26 Å². The van der Waals surface area contributed by atoms with Crippen LogP contribution in [0.15, 0.2) is 10.4 Å². The van der Waals surface area contributed by atoms with Crippen LogP contribution in [-0.4, -0.2) is 15.4 Å². The Morgan fingerprint density at radius 1 is 1.89 bits per heavy atom. The van der Waals surface area contributed by atoms with Gasteiger partial charge in [-0.25, -0.2) is 4.98 Å². The lowest BCUT2D eigenvalue weighted by molar-refractivity contribution is 0.688. The number of rotatable bonds is 1. The lowest BCUT2D eigenvalue weighted by Crippen LogP contribution is -1.78. The van der Waals surface area contributed by atoms with Crippen LogP contribution in [0, 0.1) is 0 Å². The van der Waals surface area contributed by atoms with Crippen LogP contribution >= 0.6 is 22.9 Å². The molecule has 0 spiro atoms. The minimum atomic E-state index is -0.937. The Labute approximate surface area is 64.3 Å². The first kappa shape index (κ1) is 7.18. The monoisotopic (exact) mass is 181 g/mol. The van der Waals surface area contributed by atoms with Gasteiger partial charge in [-0.15, -0.1) is 0 Å². The first-order valence-corrected chi connectivity index (χ1v) is 4.90. The van der Waals surface area contributed by atoms with Gasteiger partial charge in [0.15, 0.2) is 4.47 Å². The largest absolute Gasteiger partial charge is 0.254 e. The second kappa shape index (κ2) is 2.77. The van der Waals surface area contributed by atoms with Crippen molar-refractivity contribution in [1.29, 1.82) is 0 Å². The molecule has 2 nitrogen and oxygen atoms in total. The Morgan fingerprint density at radius 2 is 2.56 bits per heavy atom. The molecule has 1 heterocycles. The molecule has 0 aliphatic rings. The normalized spacial score (nSPS) is 13.6. The highest BCUT2D eigenvalue weighted by molar-refractivity contribution is 7.86. The third kappa shape index (κ3) is 1.74. The summed E-state index contributed by atoms with van der Waals surface area (Å²) in [6.07, 6.45) is 3.13. The minimum Gasteiger partial charge on any atom is -0.254 e. The van der Waals surface area contributed by atoms with E-state index in [9.17, 15) is 4.21 Å². The second-order valence-corrected chi connectivity index (χ2v) is 4.61. The molecule has 0 aliphatic carbocycles. The molecule has 0 radical (unpaired) electrons. The Bertz CT molecular complexity index is 234. The molecule has 1 aromatic heterocycles. The summed E-state index contributed by atoms with van der Waals surface area (Å²) in [6.45, 7) is 0. The topological polar surface area (TPSA) is 30.0 Å². The van der Waals surface area contributed by atoms with Gasteiger partial charge in [-0.3, -0.25) is 4.21 Å². The van der Waals surface area contributed by atoms with Crippen molar-refractivity contribution in [3.05, 3.63) is 10.7 Å². The summed E-state index contributed by atoms with van der Waals surface area (Å²) in [4.78, 5) is 3.73. The fraction of sp³-hybridized carbons (Fsp3) is 0.250. The molecule has 9 heavy (non-hydrogen) atoms. The lowest BCUT2D eigenvalue weighted by Gasteiger charge is -1.80. The zero-order chi connectivity index (χ0) is 6.85. The van der Waals surface area contributed by atoms with Gasteiger partial charge in [0, 0.05) is 6.26 Å². The predicted octanol–water partition coefficient (Wildman–Crippen LogP) is 1.53. The lowest BCUT2D eigenvalue weighted by atomic mass is 11.0. The summed E-state index contributed by atoms with van der Waals surface area (Å²) in [6, 6.07) is 0. The summed E-state index contributed by atoms with van der Waals surface area (Å²) < 4.78 is 11.8. The van der Waals surface area contributed by atoms with Gasteiger partial charge < -0.3 is 0 Å². The first-order valence-electron chi connectivity index (χ1n) is 2.15. The molecule has 1 atom stereocenters. The van der Waals surface area contributed by atoms with Crippen molar-refractivity contribution in [3.8, 4) is 0 Å². The molecule has 0 saturated heterocycles. The maximum Gasteiger partial charge on any atom is 0.184 e. The average molecular weight is 182 g/mol. The Kier molecular flexibility index (Phi) is 2.21. The van der Waals surface area contributed by atoms with Crippen LogP contribution < -0.4 is 0 Å². The van der Waals surface area contributed by atoms with Crippen LogP contribution in [0.2, 0.25) is 4.47 Å². The van der Waals surface area contributed by atoms with Crippen LogP contribution in [0.5, 0.6) is 0 Å². The van der Waals surface area contributed by atoms with Gasteiger partial charge in [0.2, 0.25) is 0 Å². The highest BCUT2D eigenvalue weighted by Crippen LogP contribution is 2.19. The van der Waals surface area contributed by atoms with E-state index in [4.69, 9.17) is 11.6 Å². The molecule has 5 heteroatoms. The molecular formula is C4H4ClNOS2. The van der Waals surface area contributed by atoms with Gasteiger partial charge in [0.1, 0.15) is 4.21 Å². The van der Waals surface area contributed by atoms with Crippen LogP contribution in [0.3, 0.4) is 0 Å². The molecule has 1 unspecified atom stereocenters. The van der Waals surface area contributed by atoms with Crippen molar-refractivity contribution < 1.29 is 4.21 Å². The van der Waals surface area contributed by atoms with E-state index in [1.54, 1.807) is 6.26 Å². The SMILES string of the molecule is CS(=O)c1cnc(Cl)s1. The number of hydrogen-bond donors (Lipinski definition) is 0. The number of hydrogen-bond acceptors (Lipinski definition) is 3. The fourth-order valence-corrected chi connectivity index (χ4v) is 2.09. The molecule has 0 aliphatic heterocycles. The number of thiazole rings is 1. The summed E-state index contributed by atoms with van der Waals surface area (Å²) in [7, 11) is -0.937. The van der Waals surface area contributed by atoms with E-state index >= 15 is 0 Å².